The van der Waals surface area contributed by atoms with Crippen LogP contribution in [0.5, 0.6) is 0 Å². The molecule has 162 valence electrons. The Bertz CT molecular complexity index is 274. The molecule has 0 aromatic rings. The highest BCUT2D eigenvalue weighted by Crippen LogP contribution is 2.14. The molecule has 0 heterocycles. The molecule has 0 aliphatic carbocycles. The Morgan fingerprint density at radius 3 is 1.41 bits per heavy atom. The Labute approximate surface area is 169 Å². The van der Waals surface area contributed by atoms with E-state index in [1.807, 2.05) is 6.08 Å². The van der Waals surface area contributed by atoms with Gasteiger partial charge in [0.1, 0.15) is 0 Å². The number of hydrogen-bond donors (Lipinski definition) is 0. The molecular weight excluding hydrogens is 340 g/mol. The number of rotatable bonds is 23. The SMILES string of the molecule is C=CCCCCCCCCCCCCCCC(OCCOC)OCCOC. The maximum Gasteiger partial charge on any atom is 0.157 e. The fraction of sp³-hybridized carbons (Fsp3) is 0.913. The molecule has 4 nitrogen and oxygen atoms in total. The first-order chi connectivity index (χ1) is 13.3. The highest BCUT2D eigenvalue weighted by atomic mass is 16.7. The standard InChI is InChI=1S/C23H46O4/c1-4-5-6-7-8-9-10-11-12-13-14-15-16-17-18-23(26-21-19-24-2)27-22-20-25-3/h4,23H,1,5-22H2,2-3H3. The summed E-state index contributed by atoms with van der Waals surface area (Å²) in [5.41, 5.74) is 0. The van der Waals surface area contributed by atoms with E-state index in [1.165, 1.54) is 77.0 Å². The summed E-state index contributed by atoms with van der Waals surface area (Å²) in [6.45, 7) is 6.16. The third-order valence-corrected chi connectivity index (χ3v) is 4.78. The fourth-order valence-electron chi connectivity index (χ4n) is 3.11. The van der Waals surface area contributed by atoms with E-state index in [1.54, 1.807) is 14.2 Å². The predicted octanol–water partition coefficient (Wildman–Crippen LogP) is 6.29. The molecule has 0 aliphatic rings. The molecule has 4 heteroatoms. The molecule has 0 fully saturated rings. The topological polar surface area (TPSA) is 36.9 Å². The zero-order valence-corrected chi connectivity index (χ0v) is 18.2. The van der Waals surface area contributed by atoms with Gasteiger partial charge >= 0.3 is 0 Å². The van der Waals surface area contributed by atoms with Crippen molar-refractivity contribution in [1.82, 2.24) is 0 Å². The number of hydrogen-bond acceptors (Lipinski definition) is 4. The van der Waals surface area contributed by atoms with Gasteiger partial charge < -0.3 is 18.9 Å². The van der Waals surface area contributed by atoms with E-state index in [4.69, 9.17) is 18.9 Å². The highest BCUT2D eigenvalue weighted by molar-refractivity contribution is 4.65. The van der Waals surface area contributed by atoms with Crippen LogP contribution in [0.25, 0.3) is 0 Å². The van der Waals surface area contributed by atoms with Gasteiger partial charge in [-0.05, 0) is 25.7 Å². The molecule has 0 radical (unpaired) electrons. The van der Waals surface area contributed by atoms with E-state index >= 15 is 0 Å². The van der Waals surface area contributed by atoms with Gasteiger partial charge in [0.15, 0.2) is 6.29 Å². The first kappa shape index (κ1) is 26.6. The van der Waals surface area contributed by atoms with E-state index in [9.17, 15) is 0 Å². The highest BCUT2D eigenvalue weighted by Gasteiger charge is 2.09. The van der Waals surface area contributed by atoms with E-state index in [-0.39, 0.29) is 6.29 Å². The van der Waals surface area contributed by atoms with Crippen molar-refractivity contribution in [3.8, 4) is 0 Å². The summed E-state index contributed by atoms with van der Waals surface area (Å²) in [6, 6.07) is 0. The van der Waals surface area contributed by atoms with Gasteiger partial charge in [0.25, 0.3) is 0 Å². The number of unbranched alkanes of at least 4 members (excludes halogenated alkanes) is 12. The quantitative estimate of drug-likeness (QED) is 0.117. The Morgan fingerprint density at radius 1 is 0.593 bits per heavy atom. The summed E-state index contributed by atoms with van der Waals surface area (Å²) in [4.78, 5) is 0. The molecule has 0 rings (SSSR count). The second-order valence-corrected chi connectivity index (χ2v) is 7.27. The Hall–Kier alpha value is -0.420. The van der Waals surface area contributed by atoms with E-state index in [2.05, 4.69) is 6.58 Å². The molecule has 0 atom stereocenters. The molecule has 0 N–H and O–H groups in total. The van der Waals surface area contributed by atoms with Crippen molar-refractivity contribution in [3.63, 3.8) is 0 Å². The third-order valence-electron chi connectivity index (χ3n) is 4.78. The third kappa shape index (κ3) is 21.7. The molecule has 27 heavy (non-hydrogen) atoms. The van der Waals surface area contributed by atoms with Crippen molar-refractivity contribution in [2.75, 3.05) is 40.6 Å². The number of ether oxygens (including phenoxy) is 4. The van der Waals surface area contributed by atoms with Crippen LogP contribution < -0.4 is 0 Å². The molecule has 0 saturated heterocycles. The van der Waals surface area contributed by atoms with Crippen molar-refractivity contribution >= 4 is 0 Å². The lowest BCUT2D eigenvalue weighted by molar-refractivity contribution is -0.158. The molecule has 0 aromatic heterocycles. The van der Waals surface area contributed by atoms with Crippen LogP contribution >= 0.6 is 0 Å². The van der Waals surface area contributed by atoms with Gasteiger partial charge in [0, 0.05) is 14.2 Å². The van der Waals surface area contributed by atoms with Crippen LogP contribution in [0.15, 0.2) is 12.7 Å². The average molecular weight is 387 g/mol. The lowest BCUT2D eigenvalue weighted by Crippen LogP contribution is -2.21. The van der Waals surface area contributed by atoms with E-state index < -0.39 is 0 Å². The zero-order chi connectivity index (χ0) is 19.8. The Kier molecular flexibility index (Phi) is 23.3. The monoisotopic (exact) mass is 386 g/mol. The summed E-state index contributed by atoms with van der Waals surface area (Å²) < 4.78 is 21.5. The lowest BCUT2D eigenvalue weighted by atomic mass is 10.0. The summed E-state index contributed by atoms with van der Waals surface area (Å²) in [7, 11) is 3.38. The predicted molar refractivity (Wildman–Crippen MR) is 114 cm³/mol. The minimum atomic E-state index is -0.123. The normalized spacial score (nSPS) is 11.4. The zero-order valence-electron chi connectivity index (χ0n) is 18.2. The first-order valence-electron chi connectivity index (χ1n) is 11.2. The summed E-state index contributed by atoms with van der Waals surface area (Å²) >= 11 is 0. The maximum absolute atomic E-state index is 5.73. The molecular formula is C23H46O4. The Balaban J connectivity index is 3.40. The van der Waals surface area contributed by atoms with Crippen molar-refractivity contribution in [2.24, 2.45) is 0 Å². The minimum absolute atomic E-state index is 0.123. The van der Waals surface area contributed by atoms with E-state index in [0.29, 0.717) is 26.4 Å². The Morgan fingerprint density at radius 2 is 1.00 bits per heavy atom. The summed E-state index contributed by atoms with van der Waals surface area (Å²) in [6.07, 6.45) is 20.3. The summed E-state index contributed by atoms with van der Waals surface area (Å²) in [5, 5.41) is 0. The second-order valence-electron chi connectivity index (χ2n) is 7.27. The molecule has 0 aliphatic heterocycles. The van der Waals surface area contributed by atoms with Gasteiger partial charge in [0.2, 0.25) is 0 Å². The minimum Gasteiger partial charge on any atom is -0.382 e. The fourth-order valence-corrected chi connectivity index (χ4v) is 3.11. The van der Waals surface area contributed by atoms with Crippen molar-refractivity contribution < 1.29 is 18.9 Å². The molecule has 0 saturated carbocycles. The second kappa shape index (κ2) is 23.6. The smallest absolute Gasteiger partial charge is 0.157 e. The van der Waals surface area contributed by atoms with Crippen molar-refractivity contribution in [2.45, 2.75) is 96.2 Å². The van der Waals surface area contributed by atoms with Crippen LogP contribution in [-0.4, -0.2) is 46.9 Å². The van der Waals surface area contributed by atoms with Gasteiger partial charge in [-0.25, -0.2) is 0 Å². The summed E-state index contributed by atoms with van der Waals surface area (Å²) in [5.74, 6) is 0. The van der Waals surface area contributed by atoms with Crippen LogP contribution in [0.2, 0.25) is 0 Å². The average Bonchev–Trinajstić information content (AvgIpc) is 2.68. The molecule has 0 aromatic carbocycles. The molecule has 0 amide bonds. The molecule has 0 spiro atoms. The number of methoxy groups -OCH3 is 2. The largest absolute Gasteiger partial charge is 0.382 e. The first-order valence-corrected chi connectivity index (χ1v) is 11.2. The van der Waals surface area contributed by atoms with Crippen molar-refractivity contribution in [1.29, 1.82) is 0 Å². The lowest BCUT2D eigenvalue weighted by Gasteiger charge is -2.18. The number of allylic oxidation sites excluding steroid dienone is 1. The van der Waals surface area contributed by atoms with Gasteiger partial charge in [-0.3, -0.25) is 0 Å². The van der Waals surface area contributed by atoms with Gasteiger partial charge in [0.05, 0.1) is 26.4 Å². The van der Waals surface area contributed by atoms with E-state index in [0.717, 1.165) is 12.8 Å². The van der Waals surface area contributed by atoms with Crippen molar-refractivity contribution in [3.05, 3.63) is 12.7 Å². The van der Waals surface area contributed by atoms with Gasteiger partial charge in [-0.2, -0.15) is 0 Å². The van der Waals surface area contributed by atoms with Crippen LogP contribution in [0, 0.1) is 0 Å². The van der Waals surface area contributed by atoms with Crippen LogP contribution in [-0.2, 0) is 18.9 Å². The van der Waals surface area contributed by atoms with Crippen LogP contribution in [0.3, 0.4) is 0 Å². The van der Waals surface area contributed by atoms with Gasteiger partial charge in [-0.1, -0.05) is 70.3 Å². The van der Waals surface area contributed by atoms with Crippen LogP contribution in [0.4, 0.5) is 0 Å². The van der Waals surface area contributed by atoms with Crippen LogP contribution in [0.1, 0.15) is 89.9 Å². The maximum atomic E-state index is 5.73. The molecule has 0 bridgehead atoms. The molecule has 0 unspecified atom stereocenters. The van der Waals surface area contributed by atoms with Gasteiger partial charge in [-0.15, -0.1) is 6.58 Å².